The van der Waals surface area contributed by atoms with Gasteiger partial charge in [0.1, 0.15) is 5.75 Å². The van der Waals surface area contributed by atoms with Crippen LogP contribution < -0.4 is 23.8 Å². The summed E-state index contributed by atoms with van der Waals surface area (Å²) in [4.78, 5) is 13.5. The van der Waals surface area contributed by atoms with Crippen LogP contribution in [0.5, 0.6) is 17.2 Å². The van der Waals surface area contributed by atoms with Gasteiger partial charge in [0.25, 0.3) is 5.91 Å². The van der Waals surface area contributed by atoms with Gasteiger partial charge in [-0.25, -0.2) is 8.42 Å². The summed E-state index contributed by atoms with van der Waals surface area (Å²) in [6.07, 6.45) is 1.10. The standard InChI is InChI=1S/C26H30N2O6S/c1-18(20-13-9-10-14-23(20)32-2)27-26(29)21-15-24(33-3)25(34-4)16-22(21)28(35(5,30)31)17-19-11-7-6-8-12-19/h6-16,18H,17H2,1-5H3,(H,27,29)/t18-/m1/s1. The van der Waals surface area contributed by atoms with E-state index in [0.717, 1.165) is 17.4 Å². The molecule has 0 radical (unpaired) electrons. The number of hydrogen-bond acceptors (Lipinski definition) is 6. The van der Waals surface area contributed by atoms with Crippen LogP contribution in [0.25, 0.3) is 0 Å². The molecule has 0 bridgehead atoms. The predicted octanol–water partition coefficient (Wildman–Crippen LogP) is 4.17. The van der Waals surface area contributed by atoms with E-state index in [0.29, 0.717) is 17.2 Å². The van der Waals surface area contributed by atoms with Gasteiger partial charge in [-0.05, 0) is 24.6 Å². The number of anilines is 1. The number of amides is 1. The highest BCUT2D eigenvalue weighted by molar-refractivity contribution is 7.92. The topological polar surface area (TPSA) is 94.2 Å². The van der Waals surface area contributed by atoms with Crippen LogP contribution in [0.3, 0.4) is 0 Å². The minimum Gasteiger partial charge on any atom is -0.496 e. The van der Waals surface area contributed by atoms with Crippen LogP contribution in [0.2, 0.25) is 0 Å². The van der Waals surface area contributed by atoms with Gasteiger partial charge in [0, 0.05) is 11.6 Å². The zero-order chi connectivity index (χ0) is 25.6. The maximum atomic E-state index is 13.5. The second-order valence-electron chi connectivity index (χ2n) is 7.92. The fraction of sp³-hybridized carbons (Fsp3) is 0.269. The number of para-hydroxylation sites is 1. The number of rotatable bonds is 10. The molecule has 0 aliphatic carbocycles. The van der Waals surface area contributed by atoms with Crippen molar-refractivity contribution in [1.82, 2.24) is 5.32 Å². The van der Waals surface area contributed by atoms with Crippen molar-refractivity contribution >= 4 is 21.6 Å². The number of carbonyl (C=O) groups excluding carboxylic acids is 1. The number of ether oxygens (including phenoxy) is 3. The van der Waals surface area contributed by atoms with E-state index < -0.39 is 22.0 Å². The average molecular weight is 499 g/mol. The smallest absolute Gasteiger partial charge is 0.254 e. The largest absolute Gasteiger partial charge is 0.496 e. The molecule has 1 amide bonds. The van der Waals surface area contributed by atoms with E-state index in [9.17, 15) is 13.2 Å². The fourth-order valence-corrected chi connectivity index (χ4v) is 4.66. The number of carbonyl (C=O) groups is 1. The number of nitrogens with zero attached hydrogens (tertiary/aromatic N) is 1. The highest BCUT2D eigenvalue weighted by Crippen LogP contribution is 2.37. The van der Waals surface area contributed by atoms with Gasteiger partial charge in [0.2, 0.25) is 10.0 Å². The molecule has 3 rings (SSSR count). The van der Waals surface area contributed by atoms with Gasteiger partial charge >= 0.3 is 0 Å². The number of methoxy groups -OCH3 is 3. The third-order valence-corrected chi connectivity index (χ3v) is 6.66. The van der Waals surface area contributed by atoms with E-state index in [1.165, 1.54) is 30.7 Å². The second-order valence-corrected chi connectivity index (χ2v) is 9.82. The maximum absolute atomic E-state index is 13.5. The monoisotopic (exact) mass is 498 g/mol. The molecule has 0 unspecified atom stereocenters. The molecular formula is C26H30N2O6S. The Kier molecular flexibility index (Phi) is 8.24. The molecule has 8 nitrogen and oxygen atoms in total. The normalized spacial score (nSPS) is 11.9. The lowest BCUT2D eigenvalue weighted by molar-refractivity contribution is 0.0939. The van der Waals surface area contributed by atoms with Gasteiger partial charge in [-0.15, -0.1) is 0 Å². The van der Waals surface area contributed by atoms with Crippen molar-refractivity contribution in [2.75, 3.05) is 31.9 Å². The molecule has 9 heteroatoms. The molecule has 186 valence electrons. The van der Waals surface area contributed by atoms with Crippen molar-refractivity contribution in [2.24, 2.45) is 0 Å². The minimum absolute atomic E-state index is 0.0392. The first-order valence-electron chi connectivity index (χ1n) is 10.9. The lowest BCUT2D eigenvalue weighted by atomic mass is 10.1. The second kappa shape index (κ2) is 11.1. The maximum Gasteiger partial charge on any atom is 0.254 e. The molecule has 35 heavy (non-hydrogen) atoms. The van der Waals surface area contributed by atoms with E-state index in [2.05, 4.69) is 5.32 Å². The highest BCUT2D eigenvalue weighted by atomic mass is 32.2. The molecule has 0 aromatic heterocycles. The van der Waals surface area contributed by atoms with Gasteiger partial charge in [0.05, 0.1) is 51.4 Å². The molecule has 0 fully saturated rings. The quantitative estimate of drug-likeness (QED) is 0.451. The third kappa shape index (κ3) is 6.05. The first-order valence-corrected chi connectivity index (χ1v) is 12.8. The molecule has 0 aliphatic heterocycles. The van der Waals surface area contributed by atoms with E-state index in [1.807, 2.05) is 61.5 Å². The molecule has 0 spiro atoms. The highest BCUT2D eigenvalue weighted by Gasteiger charge is 2.27. The van der Waals surface area contributed by atoms with Crippen LogP contribution in [-0.2, 0) is 16.6 Å². The number of nitrogens with one attached hydrogen (secondary N) is 1. The van der Waals surface area contributed by atoms with Crippen molar-refractivity contribution in [1.29, 1.82) is 0 Å². The predicted molar refractivity (Wildman–Crippen MR) is 136 cm³/mol. The molecule has 3 aromatic carbocycles. The van der Waals surface area contributed by atoms with E-state index in [4.69, 9.17) is 14.2 Å². The van der Waals surface area contributed by atoms with Crippen molar-refractivity contribution in [2.45, 2.75) is 19.5 Å². The third-order valence-electron chi connectivity index (χ3n) is 5.54. The Labute approximate surface area is 206 Å². The molecule has 1 atom stereocenters. The van der Waals surface area contributed by atoms with Crippen molar-refractivity contribution in [3.8, 4) is 17.2 Å². The first kappa shape index (κ1) is 25.9. The summed E-state index contributed by atoms with van der Waals surface area (Å²) in [5.74, 6) is 0.772. The Morgan fingerprint density at radius 1 is 0.886 bits per heavy atom. The van der Waals surface area contributed by atoms with Gasteiger partial charge < -0.3 is 19.5 Å². The lowest BCUT2D eigenvalue weighted by Crippen LogP contribution is -2.33. The summed E-state index contributed by atoms with van der Waals surface area (Å²) in [5.41, 5.74) is 1.86. The average Bonchev–Trinajstić information content (AvgIpc) is 2.86. The van der Waals surface area contributed by atoms with Crippen LogP contribution in [0, 0.1) is 0 Å². The summed E-state index contributed by atoms with van der Waals surface area (Å²) in [6.45, 7) is 1.87. The molecular weight excluding hydrogens is 468 g/mol. The Balaban J connectivity index is 2.09. The summed E-state index contributed by atoms with van der Waals surface area (Å²) >= 11 is 0. The molecule has 0 saturated heterocycles. The molecule has 0 saturated carbocycles. The Bertz CT molecular complexity index is 1280. The molecule has 0 aliphatic rings. The van der Waals surface area contributed by atoms with Gasteiger partial charge in [-0.3, -0.25) is 9.10 Å². The fourth-order valence-electron chi connectivity index (χ4n) is 3.76. The zero-order valence-electron chi connectivity index (χ0n) is 20.4. The van der Waals surface area contributed by atoms with Crippen LogP contribution in [0.15, 0.2) is 66.7 Å². The van der Waals surface area contributed by atoms with Gasteiger partial charge in [0.15, 0.2) is 11.5 Å². The Morgan fingerprint density at radius 3 is 2.06 bits per heavy atom. The zero-order valence-corrected chi connectivity index (χ0v) is 21.3. The number of hydrogen-bond donors (Lipinski definition) is 1. The summed E-state index contributed by atoms with van der Waals surface area (Å²) in [5, 5.41) is 2.95. The van der Waals surface area contributed by atoms with Crippen LogP contribution in [0.1, 0.15) is 34.5 Å². The van der Waals surface area contributed by atoms with E-state index in [-0.39, 0.29) is 17.8 Å². The minimum atomic E-state index is -3.77. The van der Waals surface area contributed by atoms with Crippen molar-refractivity contribution in [3.05, 3.63) is 83.4 Å². The number of sulfonamides is 1. The lowest BCUT2D eigenvalue weighted by Gasteiger charge is -2.26. The first-order chi connectivity index (χ1) is 16.7. The van der Waals surface area contributed by atoms with E-state index >= 15 is 0 Å². The van der Waals surface area contributed by atoms with Crippen molar-refractivity contribution in [3.63, 3.8) is 0 Å². The molecule has 0 heterocycles. The Morgan fingerprint density at radius 2 is 1.46 bits per heavy atom. The van der Waals surface area contributed by atoms with Gasteiger partial charge in [-0.1, -0.05) is 48.5 Å². The summed E-state index contributed by atoms with van der Waals surface area (Å²) in [6, 6.07) is 19.1. The van der Waals surface area contributed by atoms with Gasteiger partial charge in [-0.2, -0.15) is 0 Å². The van der Waals surface area contributed by atoms with Crippen LogP contribution in [0.4, 0.5) is 5.69 Å². The summed E-state index contributed by atoms with van der Waals surface area (Å²) < 4.78 is 43.2. The SMILES string of the molecule is COc1cc(C(=O)N[C@H](C)c2ccccc2OC)c(N(Cc2ccccc2)S(C)(=O)=O)cc1OC. The number of benzene rings is 3. The van der Waals surface area contributed by atoms with Crippen molar-refractivity contribution < 1.29 is 27.4 Å². The summed E-state index contributed by atoms with van der Waals surface area (Å²) in [7, 11) is 0.697. The Hall–Kier alpha value is -3.72. The molecule has 3 aromatic rings. The molecule has 1 N–H and O–H groups in total. The van der Waals surface area contributed by atoms with Crippen LogP contribution in [-0.4, -0.2) is 41.9 Å². The van der Waals surface area contributed by atoms with Crippen LogP contribution >= 0.6 is 0 Å². The van der Waals surface area contributed by atoms with E-state index in [1.54, 1.807) is 7.11 Å².